The van der Waals surface area contributed by atoms with Gasteiger partial charge in [0.1, 0.15) is 5.75 Å². The highest BCUT2D eigenvalue weighted by Gasteiger charge is 2.13. The van der Waals surface area contributed by atoms with Gasteiger partial charge in [0.2, 0.25) is 0 Å². The average Bonchev–Trinajstić information content (AvgIpc) is 3.09. The zero-order valence-electron chi connectivity index (χ0n) is 16.9. The maximum atomic E-state index is 12.0. The molecule has 0 aliphatic heterocycles. The molecule has 3 rings (SSSR count). The summed E-state index contributed by atoms with van der Waals surface area (Å²) < 4.78 is 5.53. The lowest BCUT2D eigenvalue weighted by atomic mass is 9.87. The lowest BCUT2D eigenvalue weighted by molar-refractivity contribution is -0.123. The van der Waals surface area contributed by atoms with Crippen molar-refractivity contribution in [2.24, 2.45) is 5.10 Å². The SMILES string of the molecule is CCc1cccc2c(/C=N/NC(=O)COc3ccc(C(C)(C)C)cc3)c[nH]c12. The topological polar surface area (TPSA) is 66.5 Å². The van der Waals surface area contributed by atoms with Gasteiger partial charge >= 0.3 is 0 Å². The smallest absolute Gasteiger partial charge is 0.277 e. The molecule has 1 aromatic heterocycles. The molecule has 146 valence electrons. The van der Waals surface area contributed by atoms with Crippen molar-refractivity contribution < 1.29 is 9.53 Å². The van der Waals surface area contributed by atoms with Crippen LogP contribution in [0.3, 0.4) is 0 Å². The minimum Gasteiger partial charge on any atom is -0.484 e. The lowest BCUT2D eigenvalue weighted by Crippen LogP contribution is -2.24. The number of nitrogens with one attached hydrogen (secondary N) is 2. The first-order valence-corrected chi connectivity index (χ1v) is 9.52. The van der Waals surface area contributed by atoms with E-state index < -0.39 is 0 Å². The quantitative estimate of drug-likeness (QED) is 0.489. The van der Waals surface area contributed by atoms with E-state index in [1.54, 1.807) is 6.21 Å². The Kier molecular flexibility index (Phi) is 5.83. The number of H-pyrrole nitrogens is 1. The number of ether oxygens (including phenoxy) is 1. The minimum atomic E-state index is -0.301. The number of carbonyl (C=O) groups excluding carboxylic acids is 1. The molecular weight excluding hydrogens is 350 g/mol. The summed E-state index contributed by atoms with van der Waals surface area (Å²) in [6.45, 7) is 8.52. The number of nitrogens with zero attached hydrogens (tertiary/aromatic N) is 1. The van der Waals surface area contributed by atoms with Crippen LogP contribution in [0.5, 0.6) is 5.75 Å². The Morgan fingerprint density at radius 2 is 1.93 bits per heavy atom. The summed E-state index contributed by atoms with van der Waals surface area (Å²) in [5, 5.41) is 5.14. The highest BCUT2D eigenvalue weighted by Crippen LogP contribution is 2.24. The molecule has 28 heavy (non-hydrogen) atoms. The summed E-state index contributed by atoms with van der Waals surface area (Å²) in [5.41, 5.74) is 7.12. The Morgan fingerprint density at radius 1 is 1.18 bits per heavy atom. The molecule has 1 heterocycles. The van der Waals surface area contributed by atoms with E-state index in [1.807, 2.05) is 42.6 Å². The summed E-state index contributed by atoms with van der Waals surface area (Å²) in [6, 6.07) is 14.0. The maximum absolute atomic E-state index is 12.0. The van der Waals surface area contributed by atoms with Crippen molar-refractivity contribution in [3.05, 3.63) is 65.4 Å². The number of benzene rings is 2. The van der Waals surface area contributed by atoms with Crippen molar-refractivity contribution >= 4 is 23.0 Å². The fourth-order valence-corrected chi connectivity index (χ4v) is 3.05. The van der Waals surface area contributed by atoms with Gasteiger partial charge < -0.3 is 9.72 Å². The second-order valence-corrected chi connectivity index (χ2v) is 7.79. The molecule has 0 saturated carbocycles. The van der Waals surface area contributed by atoms with Crippen LogP contribution in [0.25, 0.3) is 10.9 Å². The van der Waals surface area contributed by atoms with Crippen LogP contribution in [-0.4, -0.2) is 23.7 Å². The summed E-state index contributed by atoms with van der Waals surface area (Å²) in [6.07, 6.45) is 4.50. The largest absolute Gasteiger partial charge is 0.484 e. The molecular formula is C23H27N3O2. The van der Waals surface area contributed by atoms with Gasteiger partial charge in [-0.05, 0) is 35.1 Å². The van der Waals surface area contributed by atoms with E-state index in [-0.39, 0.29) is 17.9 Å². The van der Waals surface area contributed by atoms with Gasteiger partial charge in [-0.3, -0.25) is 4.79 Å². The van der Waals surface area contributed by atoms with Crippen molar-refractivity contribution in [1.29, 1.82) is 0 Å². The molecule has 2 N–H and O–H groups in total. The van der Waals surface area contributed by atoms with E-state index in [2.05, 4.69) is 49.3 Å². The molecule has 0 spiro atoms. The van der Waals surface area contributed by atoms with Crippen molar-refractivity contribution in [1.82, 2.24) is 10.4 Å². The molecule has 0 unspecified atom stereocenters. The molecule has 1 amide bonds. The van der Waals surface area contributed by atoms with E-state index in [9.17, 15) is 4.79 Å². The van der Waals surface area contributed by atoms with E-state index >= 15 is 0 Å². The van der Waals surface area contributed by atoms with Gasteiger partial charge in [-0.2, -0.15) is 5.10 Å². The Morgan fingerprint density at radius 3 is 2.61 bits per heavy atom. The summed E-state index contributed by atoms with van der Waals surface area (Å²) >= 11 is 0. The minimum absolute atomic E-state index is 0.0833. The summed E-state index contributed by atoms with van der Waals surface area (Å²) in [4.78, 5) is 15.3. The van der Waals surface area contributed by atoms with Crippen molar-refractivity contribution in [3.63, 3.8) is 0 Å². The number of carbonyl (C=O) groups is 1. The number of amides is 1. The Bertz CT molecular complexity index is 979. The first-order valence-electron chi connectivity index (χ1n) is 9.52. The third-order valence-corrected chi connectivity index (χ3v) is 4.70. The number of aryl methyl sites for hydroxylation is 1. The number of aromatic amines is 1. The van der Waals surface area contributed by atoms with E-state index in [4.69, 9.17) is 4.74 Å². The second kappa shape index (κ2) is 8.30. The summed E-state index contributed by atoms with van der Waals surface area (Å²) in [7, 11) is 0. The average molecular weight is 377 g/mol. The first kappa shape index (κ1) is 19.7. The highest BCUT2D eigenvalue weighted by molar-refractivity contribution is 6.00. The van der Waals surface area contributed by atoms with Crippen molar-refractivity contribution in [2.75, 3.05) is 6.61 Å². The first-order chi connectivity index (χ1) is 13.4. The molecule has 0 fully saturated rings. The van der Waals surface area contributed by atoms with Crippen LogP contribution in [0.2, 0.25) is 0 Å². The van der Waals surface area contributed by atoms with Crippen LogP contribution in [0.1, 0.15) is 44.4 Å². The van der Waals surface area contributed by atoms with E-state index in [0.717, 1.165) is 22.9 Å². The standard InChI is InChI=1S/C23H27N3O2/c1-5-16-7-6-8-20-17(13-24-22(16)20)14-25-26-21(27)15-28-19-11-9-18(10-12-19)23(2,3)4/h6-14,24H,5,15H2,1-4H3,(H,26,27)/b25-14+. The van der Waals surface area contributed by atoms with Gasteiger partial charge in [0.15, 0.2) is 6.61 Å². The van der Waals surface area contributed by atoms with Gasteiger partial charge in [0.25, 0.3) is 5.91 Å². The number of hydrogen-bond donors (Lipinski definition) is 2. The van der Waals surface area contributed by atoms with Crippen LogP contribution in [0.15, 0.2) is 53.8 Å². The third-order valence-electron chi connectivity index (χ3n) is 4.70. The molecule has 5 nitrogen and oxygen atoms in total. The van der Waals surface area contributed by atoms with Gasteiger partial charge in [0.05, 0.1) is 6.21 Å². The number of hydrazone groups is 1. The molecule has 0 aliphatic carbocycles. The fraction of sp³-hybridized carbons (Fsp3) is 0.304. The third kappa shape index (κ3) is 4.60. The highest BCUT2D eigenvalue weighted by atomic mass is 16.5. The van der Waals surface area contributed by atoms with Gasteiger partial charge in [-0.15, -0.1) is 0 Å². The van der Waals surface area contributed by atoms with Crippen molar-refractivity contribution in [3.8, 4) is 5.75 Å². The van der Waals surface area contributed by atoms with Crippen molar-refractivity contribution in [2.45, 2.75) is 39.5 Å². The normalized spacial score (nSPS) is 11.9. The predicted octanol–water partition coefficient (Wildman–Crippen LogP) is 4.56. The molecule has 2 aromatic carbocycles. The van der Waals surface area contributed by atoms with Crippen LogP contribution in [0.4, 0.5) is 0 Å². The molecule has 0 radical (unpaired) electrons. The van der Waals surface area contributed by atoms with Crippen LogP contribution >= 0.6 is 0 Å². The summed E-state index contributed by atoms with van der Waals surface area (Å²) in [5.74, 6) is 0.362. The molecule has 5 heteroatoms. The number of para-hydroxylation sites is 1. The monoisotopic (exact) mass is 377 g/mol. The number of fused-ring (bicyclic) bond motifs is 1. The number of hydrogen-bond acceptors (Lipinski definition) is 3. The second-order valence-electron chi connectivity index (χ2n) is 7.79. The fourth-order valence-electron chi connectivity index (χ4n) is 3.05. The van der Waals surface area contributed by atoms with E-state index in [0.29, 0.717) is 5.75 Å². The Labute approximate surface area is 165 Å². The van der Waals surface area contributed by atoms with E-state index in [1.165, 1.54) is 11.1 Å². The molecule has 0 aliphatic rings. The van der Waals surface area contributed by atoms with Gasteiger partial charge in [-0.1, -0.05) is 58.0 Å². The zero-order valence-corrected chi connectivity index (χ0v) is 16.9. The van der Waals surface area contributed by atoms with Gasteiger partial charge in [0, 0.05) is 22.7 Å². The molecule has 0 atom stereocenters. The van der Waals surface area contributed by atoms with Crippen LogP contribution < -0.4 is 10.2 Å². The number of rotatable bonds is 6. The van der Waals surface area contributed by atoms with Gasteiger partial charge in [-0.25, -0.2) is 5.43 Å². The Hall–Kier alpha value is -3.08. The van der Waals surface area contributed by atoms with Crippen LogP contribution in [-0.2, 0) is 16.6 Å². The predicted molar refractivity (Wildman–Crippen MR) is 114 cm³/mol. The lowest BCUT2D eigenvalue weighted by Gasteiger charge is -2.19. The van der Waals surface area contributed by atoms with Crippen LogP contribution in [0, 0.1) is 0 Å². The number of aromatic nitrogens is 1. The molecule has 3 aromatic rings. The maximum Gasteiger partial charge on any atom is 0.277 e. The Balaban J connectivity index is 1.55. The molecule has 0 saturated heterocycles. The molecule has 0 bridgehead atoms. The zero-order chi connectivity index (χ0) is 20.1.